The molecule has 182 valence electrons. The number of carbonyl (C=O) groups is 2. The summed E-state index contributed by atoms with van der Waals surface area (Å²) in [6.45, 7) is -0.810. The minimum Gasteiger partial charge on any atom is -0.466 e. The summed E-state index contributed by atoms with van der Waals surface area (Å²) in [6, 6.07) is 3.09. The van der Waals surface area contributed by atoms with Gasteiger partial charge in [0.15, 0.2) is 29.0 Å². The first kappa shape index (κ1) is 24.9. The van der Waals surface area contributed by atoms with E-state index in [9.17, 15) is 35.9 Å². The average Bonchev–Trinajstić information content (AvgIpc) is 3.06. The van der Waals surface area contributed by atoms with Crippen molar-refractivity contribution in [3.05, 3.63) is 64.6 Å². The van der Waals surface area contributed by atoms with E-state index < -0.39 is 59.2 Å². The highest BCUT2D eigenvalue weighted by Crippen LogP contribution is 2.39. The zero-order valence-corrected chi connectivity index (χ0v) is 17.3. The molecule has 3 rings (SSSR count). The second-order valence-corrected chi connectivity index (χ2v) is 6.91. The number of methoxy groups -OCH3 is 1. The molecule has 1 amide bonds. The van der Waals surface area contributed by atoms with Crippen LogP contribution in [-0.2, 0) is 20.5 Å². The molecular weight excluding hydrogens is 474 g/mol. The van der Waals surface area contributed by atoms with Crippen molar-refractivity contribution in [2.75, 3.05) is 32.1 Å². The van der Waals surface area contributed by atoms with Crippen LogP contribution in [0.2, 0.25) is 0 Å². The van der Waals surface area contributed by atoms with E-state index in [4.69, 9.17) is 9.84 Å². The summed E-state index contributed by atoms with van der Waals surface area (Å²) in [5, 5.41) is 11.6. The minimum absolute atomic E-state index is 0.0164. The maximum atomic E-state index is 14.5. The maximum absolute atomic E-state index is 14.5. The van der Waals surface area contributed by atoms with Crippen molar-refractivity contribution < 1.29 is 50.5 Å². The number of esters is 1. The fraction of sp³-hybridized carbons (Fsp3) is 0.238. The molecule has 34 heavy (non-hydrogen) atoms. The van der Waals surface area contributed by atoms with Gasteiger partial charge in [-0.25, -0.2) is 18.0 Å². The molecule has 0 aliphatic carbocycles. The number of aliphatic hydroxyl groups is 1. The summed E-state index contributed by atoms with van der Waals surface area (Å²) in [7, 11) is 1.05. The van der Waals surface area contributed by atoms with Gasteiger partial charge in [-0.05, 0) is 24.3 Å². The Balaban J connectivity index is 2.02. The number of alkyl halides is 3. The first-order valence-corrected chi connectivity index (χ1v) is 9.49. The molecule has 0 unspecified atom stereocenters. The lowest BCUT2D eigenvalue weighted by Gasteiger charge is -2.17. The number of halogens is 6. The Morgan fingerprint density at radius 2 is 1.76 bits per heavy atom. The van der Waals surface area contributed by atoms with Gasteiger partial charge < -0.3 is 24.8 Å². The lowest BCUT2D eigenvalue weighted by atomic mass is 10.2. The molecule has 0 atom stereocenters. The number of hydrogen-bond donors (Lipinski definition) is 2. The Morgan fingerprint density at radius 3 is 2.32 bits per heavy atom. The molecule has 13 heteroatoms. The number of nitrogens with zero attached hydrogens (tertiary/aromatic N) is 1. The molecule has 1 aliphatic rings. The van der Waals surface area contributed by atoms with Crippen LogP contribution in [-0.4, -0.2) is 48.7 Å². The topological polar surface area (TPSA) is 88.1 Å². The van der Waals surface area contributed by atoms with E-state index in [2.05, 4.69) is 10.1 Å². The zero-order chi connectivity index (χ0) is 25.2. The molecule has 1 heterocycles. The fourth-order valence-electron chi connectivity index (χ4n) is 3.12. The van der Waals surface area contributed by atoms with Gasteiger partial charge in [0.05, 0.1) is 37.1 Å². The lowest BCUT2D eigenvalue weighted by molar-refractivity contribution is -0.138. The summed E-state index contributed by atoms with van der Waals surface area (Å²) in [6.07, 6.45) is -5.04. The number of aliphatic hydroxyl groups excluding tert-OH is 1. The van der Waals surface area contributed by atoms with Gasteiger partial charge in [0, 0.05) is 6.54 Å². The van der Waals surface area contributed by atoms with Gasteiger partial charge in [0.25, 0.3) is 5.91 Å². The highest BCUT2D eigenvalue weighted by molar-refractivity contribution is 6.08. The van der Waals surface area contributed by atoms with Gasteiger partial charge in [0.1, 0.15) is 5.70 Å². The second-order valence-electron chi connectivity index (χ2n) is 6.91. The number of carbonyl (C=O) groups excluding carboxylic acids is 2. The summed E-state index contributed by atoms with van der Waals surface area (Å²) >= 11 is 0. The number of para-hydroxylation sites is 1. The van der Waals surface area contributed by atoms with Gasteiger partial charge in [0.2, 0.25) is 0 Å². The molecule has 1 aliphatic heterocycles. The maximum Gasteiger partial charge on any atom is 0.416 e. The highest BCUT2D eigenvalue weighted by atomic mass is 19.4. The summed E-state index contributed by atoms with van der Waals surface area (Å²) in [5.41, 5.74) is -2.53. The van der Waals surface area contributed by atoms with Crippen LogP contribution in [0.25, 0.3) is 0 Å². The predicted octanol–water partition coefficient (Wildman–Crippen LogP) is 3.59. The third-order valence-electron chi connectivity index (χ3n) is 4.71. The number of amides is 1. The Kier molecular flexibility index (Phi) is 7.05. The number of hydrogen-bond acceptors (Lipinski definition) is 6. The molecule has 7 nitrogen and oxygen atoms in total. The Hall–Kier alpha value is -3.74. The van der Waals surface area contributed by atoms with Gasteiger partial charge in [-0.15, -0.1) is 0 Å². The average molecular weight is 490 g/mol. The van der Waals surface area contributed by atoms with Gasteiger partial charge in [-0.2, -0.15) is 13.2 Å². The molecule has 0 saturated carbocycles. The van der Waals surface area contributed by atoms with Crippen LogP contribution in [0, 0.1) is 17.5 Å². The van der Waals surface area contributed by atoms with Crippen LogP contribution in [0.15, 0.2) is 41.6 Å². The van der Waals surface area contributed by atoms with E-state index in [0.717, 1.165) is 30.2 Å². The van der Waals surface area contributed by atoms with Crippen molar-refractivity contribution >= 4 is 17.6 Å². The largest absolute Gasteiger partial charge is 0.466 e. The Morgan fingerprint density at radius 1 is 1.12 bits per heavy atom. The van der Waals surface area contributed by atoms with Crippen molar-refractivity contribution in [2.45, 2.75) is 6.18 Å². The molecular formula is C21H16F6N2O5. The summed E-state index contributed by atoms with van der Waals surface area (Å²) in [4.78, 5) is 25.8. The van der Waals surface area contributed by atoms with E-state index in [1.165, 1.54) is 0 Å². The number of β-amino-alcohol motifs (C(OH)–C–C–N with tert-alkyl or cyclic N) is 1. The molecule has 2 aromatic rings. The fourth-order valence-corrected chi connectivity index (χ4v) is 3.12. The van der Waals surface area contributed by atoms with Gasteiger partial charge in [-0.1, -0.05) is 6.07 Å². The lowest BCUT2D eigenvalue weighted by Crippen LogP contribution is -2.31. The normalized spacial score (nSPS) is 14.0. The van der Waals surface area contributed by atoms with Crippen LogP contribution < -0.4 is 10.1 Å². The molecule has 0 fully saturated rings. The van der Waals surface area contributed by atoms with Crippen LogP contribution in [0.1, 0.15) is 5.56 Å². The Bertz CT molecular complexity index is 1140. The molecule has 0 saturated heterocycles. The first-order valence-electron chi connectivity index (χ1n) is 9.49. The minimum atomic E-state index is -5.04. The molecule has 2 aromatic carbocycles. The van der Waals surface area contributed by atoms with Crippen molar-refractivity contribution in [3.63, 3.8) is 0 Å². The highest BCUT2D eigenvalue weighted by Gasteiger charge is 2.36. The zero-order valence-electron chi connectivity index (χ0n) is 17.3. The van der Waals surface area contributed by atoms with Crippen molar-refractivity contribution in [1.29, 1.82) is 0 Å². The van der Waals surface area contributed by atoms with E-state index in [0.29, 0.717) is 0 Å². The number of ether oxygens (including phenoxy) is 2. The van der Waals surface area contributed by atoms with Crippen LogP contribution in [0.5, 0.6) is 11.5 Å². The Labute approximate surface area is 188 Å². The number of benzene rings is 2. The van der Waals surface area contributed by atoms with Crippen molar-refractivity contribution in [3.8, 4) is 11.5 Å². The van der Waals surface area contributed by atoms with Crippen LogP contribution >= 0.6 is 0 Å². The van der Waals surface area contributed by atoms with Gasteiger partial charge in [-0.3, -0.25) is 4.79 Å². The van der Waals surface area contributed by atoms with Gasteiger partial charge >= 0.3 is 12.1 Å². The summed E-state index contributed by atoms with van der Waals surface area (Å²) in [5.74, 6) is -8.52. The second kappa shape index (κ2) is 9.63. The third kappa shape index (κ3) is 4.93. The number of rotatable bonds is 7. The smallest absolute Gasteiger partial charge is 0.416 e. The number of anilines is 1. The van der Waals surface area contributed by atoms with Crippen LogP contribution in [0.3, 0.4) is 0 Å². The summed E-state index contributed by atoms with van der Waals surface area (Å²) < 4.78 is 90.9. The van der Waals surface area contributed by atoms with Crippen molar-refractivity contribution in [1.82, 2.24) is 4.90 Å². The molecule has 0 bridgehead atoms. The quantitative estimate of drug-likeness (QED) is 0.456. The molecule has 2 N–H and O–H groups in total. The third-order valence-corrected chi connectivity index (χ3v) is 4.71. The SMILES string of the molecule is COC(=O)C1=C(Nc2cccc(F)c2Oc2c(F)cc(C(F)(F)F)cc2F)C(=O)N(CCO)C1. The number of nitrogens with one attached hydrogen (secondary N) is 1. The van der Waals surface area contributed by atoms with Crippen molar-refractivity contribution in [2.24, 2.45) is 0 Å². The monoisotopic (exact) mass is 490 g/mol. The predicted molar refractivity (Wildman–Crippen MR) is 104 cm³/mol. The molecule has 0 spiro atoms. The first-order chi connectivity index (χ1) is 16.0. The van der Waals surface area contributed by atoms with E-state index in [-0.39, 0.29) is 42.2 Å². The van der Waals surface area contributed by atoms with E-state index in [1.807, 2.05) is 0 Å². The van der Waals surface area contributed by atoms with E-state index in [1.54, 1.807) is 0 Å². The van der Waals surface area contributed by atoms with E-state index >= 15 is 0 Å². The standard InChI is InChI=1S/C21H16F6N2O5/c1-33-20(32)11-9-29(5-6-30)19(31)16(11)28-15-4-2-3-12(22)18(15)34-17-13(23)7-10(8-14(17)24)21(25,26)27/h2-4,7-8,28,30H,5-6,9H2,1H3. The molecule has 0 aromatic heterocycles. The van der Waals surface area contributed by atoms with Crippen LogP contribution in [0.4, 0.5) is 32.0 Å². The molecule has 0 radical (unpaired) electrons.